The first kappa shape index (κ1) is 11.9. The molecule has 4 heteroatoms. The molecule has 0 spiro atoms. The number of hydrogen-bond donors (Lipinski definition) is 0. The molecule has 0 N–H and O–H groups in total. The van der Waals surface area contributed by atoms with Crippen LogP contribution in [-0.4, -0.2) is 28.3 Å². The molecule has 0 amide bonds. The Balaban J connectivity index is 2.50. The average Bonchev–Trinajstić information content (AvgIpc) is 2.66. The van der Waals surface area contributed by atoms with Crippen molar-refractivity contribution in [2.24, 2.45) is 0 Å². The molecule has 0 aliphatic carbocycles. The van der Waals surface area contributed by atoms with Gasteiger partial charge in [-0.2, -0.15) is 5.10 Å². The van der Waals surface area contributed by atoms with Crippen molar-refractivity contribution in [2.75, 3.05) is 6.61 Å². The van der Waals surface area contributed by atoms with Crippen LogP contribution >= 0.6 is 0 Å². The minimum Gasteiger partial charge on any atom is -0.371 e. The summed E-state index contributed by atoms with van der Waals surface area (Å²) in [5.41, 5.74) is 0.952. The van der Waals surface area contributed by atoms with Gasteiger partial charge < -0.3 is 4.74 Å². The molecule has 0 aliphatic heterocycles. The lowest BCUT2D eigenvalue weighted by Crippen LogP contribution is -2.22. The van der Waals surface area contributed by atoms with Gasteiger partial charge in [-0.05, 0) is 26.3 Å². The second kappa shape index (κ2) is 5.66. The predicted molar refractivity (Wildman–Crippen MR) is 57.7 cm³/mol. The van der Waals surface area contributed by atoms with E-state index in [0.29, 0.717) is 13.0 Å². The molecule has 0 radical (unpaired) electrons. The van der Waals surface area contributed by atoms with Gasteiger partial charge in [-0.25, -0.2) is 0 Å². The van der Waals surface area contributed by atoms with Gasteiger partial charge in [0.05, 0.1) is 6.20 Å². The average molecular weight is 210 g/mol. The summed E-state index contributed by atoms with van der Waals surface area (Å²) in [7, 11) is 0. The van der Waals surface area contributed by atoms with E-state index in [1.807, 2.05) is 24.7 Å². The molecule has 0 saturated carbocycles. The third-order valence-corrected chi connectivity index (χ3v) is 2.26. The molecular weight excluding hydrogens is 192 g/mol. The number of nitrogens with zero attached hydrogens (tertiary/aromatic N) is 2. The largest absolute Gasteiger partial charge is 0.371 e. The zero-order chi connectivity index (χ0) is 11.3. The van der Waals surface area contributed by atoms with Crippen molar-refractivity contribution in [3.8, 4) is 0 Å². The topological polar surface area (TPSA) is 44.1 Å². The Morgan fingerprint density at radius 1 is 1.60 bits per heavy atom. The molecule has 15 heavy (non-hydrogen) atoms. The third kappa shape index (κ3) is 3.47. The molecule has 0 aliphatic rings. The highest BCUT2D eigenvalue weighted by Crippen LogP contribution is 2.03. The van der Waals surface area contributed by atoms with E-state index in [1.54, 1.807) is 13.1 Å². The molecule has 1 heterocycles. The summed E-state index contributed by atoms with van der Waals surface area (Å²) in [6, 6.07) is 0. The molecule has 1 atom stereocenters. The van der Waals surface area contributed by atoms with Gasteiger partial charge in [0.1, 0.15) is 6.10 Å². The van der Waals surface area contributed by atoms with Crippen LogP contribution in [0.15, 0.2) is 12.4 Å². The number of aryl methyl sites for hydroxylation is 1. The minimum atomic E-state index is -0.319. The van der Waals surface area contributed by atoms with E-state index in [1.165, 1.54) is 0 Å². The lowest BCUT2D eigenvalue weighted by atomic mass is 10.1. The number of Topliss-reactive ketones (excluding diaryl/α,β-unsaturated/α-hetero) is 1. The Hall–Kier alpha value is -1.16. The van der Waals surface area contributed by atoms with Crippen LogP contribution in [0, 0.1) is 0 Å². The van der Waals surface area contributed by atoms with Gasteiger partial charge in [0, 0.05) is 25.8 Å². The molecule has 1 aromatic heterocycles. The predicted octanol–water partition coefficient (Wildman–Crippen LogP) is 1.44. The van der Waals surface area contributed by atoms with Crippen molar-refractivity contribution in [2.45, 2.75) is 39.8 Å². The van der Waals surface area contributed by atoms with Crippen LogP contribution in [0.4, 0.5) is 0 Å². The van der Waals surface area contributed by atoms with Crippen LogP contribution in [0.1, 0.15) is 26.3 Å². The number of ether oxygens (including phenoxy) is 1. The molecular formula is C11H18N2O2. The molecule has 4 nitrogen and oxygen atoms in total. The van der Waals surface area contributed by atoms with Crippen LogP contribution < -0.4 is 0 Å². The Bertz CT molecular complexity index is 320. The van der Waals surface area contributed by atoms with Gasteiger partial charge in [0.2, 0.25) is 0 Å². The Labute approximate surface area is 90.2 Å². The second-order valence-corrected chi connectivity index (χ2v) is 3.44. The number of ketones is 1. The van der Waals surface area contributed by atoms with Gasteiger partial charge in [-0.15, -0.1) is 0 Å². The quantitative estimate of drug-likeness (QED) is 0.713. The number of rotatable bonds is 6. The Kier molecular flexibility index (Phi) is 4.49. The molecule has 0 fully saturated rings. The maximum Gasteiger partial charge on any atom is 0.165 e. The highest BCUT2D eigenvalue weighted by atomic mass is 16.5. The molecule has 1 rings (SSSR count). The molecule has 0 aromatic carbocycles. The van der Waals surface area contributed by atoms with E-state index in [-0.39, 0.29) is 11.9 Å². The fourth-order valence-electron chi connectivity index (χ4n) is 1.36. The zero-order valence-electron chi connectivity index (χ0n) is 9.56. The van der Waals surface area contributed by atoms with E-state index in [9.17, 15) is 4.79 Å². The number of carbonyl (C=O) groups is 1. The summed E-state index contributed by atoms with van der Waals surface area (Å²) in [6.07, 6.45) is 3.72. The summed E-state index contributed by atoms with van der Waals surface area (Å²) in [5, 5.41) is 4.12. The highest BCUT2D eigenvalue weighted by molar-refractivity contribution is 5.84. The van der Waals surface area contributed by atoms with Crippen LogP contribution in [0.3, 0.4) is 0 Å². The molecule has 0 saturated heterocycles. The van der Waals surface area contributed by atoms with Crippen molar-refractivity contribution >= 4 is 5.78 Å². The SMILES string of the molecule is CCOC(C)C(=O)Cc1cnn(CC)c1. The fourth-order valence-corrected chi connectivity index (χ4v) is 1.36. The van der Waals surface area contributed by atoms with E-state index in [0.717, 1.165) is 12.1 Å². The van der Waals surface area contributed by atoms with Crippen molar-refractivity contribution in [3.05, 3.63) is 18.0 Å². The maximum atomic E-state index is 11.6. The van der Waals surface area contributed by atoms with E-state index < -0.39 is 0 Å². The van der Waals surface area contributed by atoms with E-state index in [4.69, 9.17) is 4.74 Å². The Morgan fingerprint density at radius 3 is 2.87 bits per heavy atom. The van der Waals surface area contributed by atoms with Gasteiger partial charge in [0.15, 0.2) is 5.78 Å². The van der Waals surface area contributed by atoms with E-state index >= 15 is 0 Å². The van der Waals surface area contributed by atoms with Crippen LogP contribution in [0.5, 0.6) is 0 Å². The highest BCUT2D eigenvalue weighted by Gasteiger charge is 2.13. The molecule has 1 unspecified atom stereocenters. The molecule has 1 aromatic rings. The molecule has 0 bridgehead atoms. The summed E-state index contributed by atoms with van der Waals surface area (Å²) in [4.78, 5) is 11.6. The van der Waals surface area contributed by atoms with Crippen molar-refractivity contribution in [1.29, 1.82) is 0 Å². The number of aromatic nitrogens is 2. The number of hydrogen-bond acceptors (Lipinski definition) is 3. The van der Waals surface area contributed by atoms with Gasteiger partial charge in [-0.3, -0.25) is 9.48 Å². The van der Waals surface area contributed by atoms with Crippen molar-refractivity contribution in [3.63, 3.8) is 0 Å². The summed E-state index contributed by atoms with van der Waals surface area (Å²) in [6.45, 7) is 7.09. The van der Waals surface area contributed by atoms with Crippen molar-refractivity contribution < 1.29 is 9.53 Å². The lowest BCUT2D eigenvalue weighted by molar-refractivity contribution is -0.128. The monoisotopic (exact) mass is 210 g/mol. The van der Waals surface area contributed by atoms with E-state index in [2.05, 4.69) is 5.10 Å². The summed E-state index contributed by atoms with van der Waals surface area (Å²) in [5.74, 6) is 0.104. The smallest absolute Gasteiger partial charge is 0.165 e. The summed E-state index contributed by atoms with van der Waals surface area (Å²) < 4.78 is 7.05. The lowest BCUT2D eigenvalue weighted by Gasteiger charge is -2.08. The third-order valence-electron chi connectivity index (χ3n) is 2.26. The van der Waals surface area contributed by atoms with Crippen LogP contribution in [0.25, 0.3) is 0 Å². The van der Waals surface area contributed by atoms with Gasteiger partial charge in [-0.1, -0.05) is 0 Å². The van der Waals surface area contributed by atoms with Crippen molar-refractivity contribution in [1.82, 2.24) is 9.78 Å². The maximum absolute atomic E-state index is 11.6. The fraction of sp³-hybridized carbons (Fsp3) is 0.636. The zero-order valence-corrected chi connectivity index (χ0v) is 9.56. The standard InChI is InChI=1S/C11H18N2O2/c1-4-13-8-10(7-12-13)6-11(14)9(3)15-5-2/h7-9H,4-6H2,1-3H3. The minimum absolute atomic E-state index is 0.104. The second-order valence-electron chi connectivity index (χ2n) is 3.44. The first-order valence-corrected chi connectivity index (χ1v) is 5.33. The first-order chi connectivity index (χ1) is 7.17. The van der Waals surface area contributed by atoms with Crippen LogP contribution in [0.2, 0.25) is 0 Å². The van der Waals surface area contributed by atoms with Gasteiger partial charge in [0.25, 0.3) is 0 Å². The number of carbonyl (C=O) groups excluding carboxylic acids is 1. The van der Waals surface area contributed by atoms with Crippen LogP contribution in [-0.2, 0) is 22.5 Å². The normalized spacial score (nSPS) is 12.7. The summed E-state index contributed by atoms with van der Waals surface area (Å²) >= 11 is 0. The molecule has 84 valence electrons. The Morgan fingerprint density at radius 2 is 2.33 bits per heavy atom. The van der Waals surface area contributed by atoms with Gasteiger partial charge >= 0.3 is 0 Å². The first-order valence-electron chi connectivity index (χ1n) is 5.33.